The minimum atomic E-state index is -0.956. The third-order valence-corrected chi connectivity index (χ3v) is 3.81. The number of nitrogens with two attached hydrogens (primary N) is 1. The molecule has 1 atom stereocenters. The van der Waals surface area contributed by atoms with E-state index in [1.807, 2.05) is 54.6 Å². The van der Waals surface area contributed by atoms with Crippen molar-refractivity contribution >= 4 is 11.6 Å². The SMILES string of the molecule is N[C@H](CO)C(=O)Nc1cccc(Oc2cccc(-c3ccccc3)c2)c1. The quantitative estimate of drug-likeness (QED) is 0.637. The van der Waals surface area contributed by atoms with Crippen LogP contribution in [0.25, 0.3) is 11.1 Å². The van der Waals surface area contributed by atoms with Crippen LogP contribution in [0.4, 0.5) is 5.69 Å². The summed E-state index contributed by atoms with van der Waals surface area (Å²) in [6.07, 6.45) is 0. The molecule has 0 unspecified atom stereocenters. The van der Waals surface area contributed by atoms with Crippen molar-refractivity contribution in [3.05, 3.63) is 78.9 Å². The van der Waals surface area contributed by atoms with E-state index in [2.05, 4.69) is 5.32 Å². The van der Waals surface area contributed by atoms with Gasteiger partial charge in [0.15, 0.2) is 0 Å². The molecule has 0 fully saturated rings. The van der Waals surface area contributed by atoms with Crippen molar-refractivity contribution in [3.8, 4) is 22.6 Å². The summed E-state index contributed by atoms with van der Waals surface area (Å²) < 4.78 is 5.92. The summed E-state index contributed by atoms with van der Waals surface area (Å²) in [7, 11) is 0. The van der Waals surface area contributed by atoms with Crippen LogP contribution in [0.2, 0.25) is 0 Å². The van der Waals surface area contributed by atoms with E-state index in [4.69, 9.17) is 15.6 Å². The van der Waals surface area contributed by atoms with Crippen LogP contribution >= 0.6 is 0 Å². The first-order valence-electron chi connectivity index (χ1n) is 8.26. The number of nitrogens with one attached hydrogen (secondary N) is 1. The van der Waals surface area contributed by atoms with Gasteiger partial charge < -0.3 is 20.9 Å². The van der Waals surface area contributed by atoms with Crippen molar-refractivity contribution in [2.24, 2.45) is 5.73 Å². The Labute approximate surface area is 152 Å². The predicted molar refractivity (Wildman–Crippen MR) is 102 cm³/mol. The van der Waals surface area contributed by atoms with Crippen molar-refractivity contribution in [1.29, 1.82) is 0 Å². The van der Waals surface area contributed by atoms with Gasteiger partial charge >= 0.3 is 0 Å². The lowest BCUT2D eigenvalue weighted by Crippen LogP contribution is -2.38. The zero-order valence-corrected chi connectivity index (χ0v) is 14.1. The van der Waals surface area contributed by atoms with Gasteiger partial charge in [-0.15, -0.1) is 0 Å². The molecule has 0 radical (unpaired) electrons. The Hall–Kier alpha value is -3.15. The van der Waals surface area contributed by atoms with Crippen molar-refractivity contribution in [1.82, 2.24) is 0 Å². The number of benzene rings is 3. The van der Waals surface area contributed by atoms with Gasteiger partial charge in [0.05, 0.1) is 6.61 Å². The Morgan fingerprint density at radius 1 is 0.923 bits per heavy atom. The Balaban J connectivity index is 1.75. The summed E-state index contributed by atoms with van der Waals surface area (Å²) >= 11 is 0. The van der Waals surface area contributed by atoms with Crippen molar-refractivity contribution in [3.63, 3.8) is 0 Å². The number of amides is 1. The van der Waals surface area contributed by atoms with E-state index < -0.39 is 18.6 Å². The van der Waals surface area contributed by atoms with Gasteiger partial charge in [-0.3, -0.25) is 4.79 Å². The Kier molecular flexibility index (Phi) is 5.63. The smallest absolute Gasteiger partial charge is 0.243 e. The molecule has 0 saturated carbocycles. The zero-order valence-electron chi connectivity index (χ0n) is 14.1. The molecule has 3 rings (SSSR count). The lowest BCUT2D eigenvalue weighted by Gasteiger charge is -2.12. The standard InChI is InChI=1S/C21H20N2O3/c22-20(14-24)21(25)23-17-9-5-11-19(13-17)26-18-10-4-8-16(12-18)15-6-2-1-3-7-15/h1-13,20,24H,14,22H2,(H,23,25)/t20-/m1/s1. The first-order valence-corrected chi connectivity index (χ1v) is 8.26. The second kappa shape index (κ2) is 8.29. The monoisotopic (exact) mass is 348 g/mol. The van der Waals surface area contributed by atoms with Crippen LogP contribution in [-0.4, -0.2) is 23.7 Å². The molecule has 0 spiro atoms. The average Bonchev–Trinajstić information content (AvgIpc) is 2.68. The molecule has 132 valence electrons. The second-order valence-corrected chi connectivity index (χ2v) is 5.80. The minimum Gasteiger partial charge on any atom is -0.457 e. The highest BCUT2D eigenvalue weighted by atomic mass is 16.5. The fourth-order valence-corrected chi connectivity index (χ4v) is 2.46. The molecule has 3 aromatic rings. The molecule has 0 aliphatic heterocycles. The number of carbonyl (C=O) groups excluding carboxylic acids is 1. The maximum atomic E-state index is 11.8. The predicted octanol–water partition coefficient (Wildman–Crippen LogP) is 3.40. The topological polar surface area (TPSA) is 84.6 Å². The molecule has 0 saturated heterocycles. The first kappa shape index (κ1) is 17.7. The number of aliphatic hydroxyl groups excluding tert-OH is 1. The van der Waals surface area contributed by atoms with Crippen LogP contribution in [-0.2, 0) is 4.79 Å². The first-order chi connectivity index (χ1) is 12.7. The molecule has 26 heavy (non-hydrogen) atoms. The van der Waals surface area contributed by atoms with Gasteiger partial charge in [0.1, 0.15) is 17.5 Å². The lowest BCUT2D eigenvalue weighted by molar-refractivity contribution is -0.118. The molecule has 0 aromatic heterocycles. The fourth-order valence-electron chi connectivity index (χ4n) is 2.46. The van der Waals surface area contributed by atoms with Gasteiger partial charge in [-0.05, 0) is 35.4 Å². The molecule has 4 N–H and O–H groups in total. The molecule has 1 amide bonds. The third kappa shape index (κ3) is 4.47. The van der Waals surface area contributed by atoms with E-state index in [9.17, 15) is 4.79 Å². The number of hydrogen-bond donors (Lipinski definition) is 3. The number of ether oxygens (including phenoxy) is 1. The van der Waals surface area contributed by atoms with Crippen LogP contribution < -0.4 is 15.8 Å². The van der Waals surface area contributed by atoms with Crippen molar-refractivity contribution < 1.29 is 14.6 Å². The molecule has 0 heterocycles. The molecular weight excluding hydrogens is 328 g/mol. The van der Waals surface area contributed by atoms with Crippen LogP contribution in [0, 0.1) is 0 Å². The molecular formula is C21H20N2O3. The summed E-state index contributed by atoms with van der Waals surface area (Å²) in [6, 6.07) is 23.9. The summed E-state index contributed by atoms with van der Waals surface area (Å²) in [5.74, 6) is 0.836. The molecule has 5 nitrogen and oxygen atoms in total. The molecule has 0 bridgehead atoms. The van der Waals surface area contributed by atoms with Crippen LogP contribution in [0.5, 0.6) is 11.5 Å². The lowest BCUT2D eigenvalue weighted by atomic mass is 10.1. The summed E-state index contributed by atoms with van der Waals surface area (Å²) in [4.78, 5) is 11.8. The van der Waals surface area contributed by atoms with Gasteiger partial charge in [0.2, 0.25) is 5.91 Å². The van der Waals surface area contributed by atoms with Gasteiger partial charge in [-0.25, -0.2) is 0 Å². The van der Waals surface area contributed by atoms with Crippen LogP contribution in [0.15, 0.2) is 78.9 Å². The van der Waals surface area contributed by atoms with E-state index in [0.717, 1.165) is 11.1 Å². The minimum absolute atomic E-state index is 0.408. The zero-order chi connectivity index (χ0) is 18.4. The van der Waals surface area contributed by atoms with Crippen LogP contribution in [0.3, 0.4) is 0 Å². The van der Waals surface area contributed by atoms with Gasteiger partial charge in [-0.1, -0.05) is 48.5 Å². The molecule has 5 heteroatoms. The number of anilines is 1. The van der Waals surface area contributed by atoms with Crippen molar-refractivity contribution in [2.75, 3.05) is 11.9 Å². The largest absolute Gasteiger partial charge is 0.457 e. The molecule has 0 aliphatic rings. The number of hydrogen-bond acceptors (Lipinski definition) is 4. The maximum absolute atomic E-state index is 11.8. The molecule has 3 aromatic carbocycles. The third-order valence-electron chi connectivity index (χ3n) is 3.81. The van der Waals surface area contributed by atoms with E-state index in [1.54, 1.807) is 24.3 Å². The van der Waals surface area contributed by atoms with Gasteiger partial charge in [-0.2, -0.15) is 0 Å². The van der Waals surface area contributed by atoms with E-state index in [0.29, 0.717) is 17.2 Å². The van der Waals surface area contributed by atoms with E-state index in [1.165, 1.54) is 0 Å². The van der Waals surface area contributed by atoms with Crippen LogP contribution in [0.1, 0.15) is 0 Å². The van der Waals surface area contributed by atoms with Gasteiger partial charge in [0, 0.05) is 11.8 Å². The van der Waals surface area contributed by atoms with Crippen molar-refractivity contribution in [2.45, 2.75) is 6.04 Å². The highest BCUT2D eigenvalue weighted by Gasteiger charge is 2.12. The second-order valence-electron chi connectivity index (χ2n) is 5.80. The summed E-state index contributed by atoms with van der Waals surface area (Å²) in [6.45, 7) is -0.408. The Morgan fingerprint density at radius 3 is 2.31 bits per heavy atom. The van der Waals surface area contributed by atoms with Gasteiger partial charge in [0.25, 0.3) is 0 Å². The number of rotatable bonds is 6. The number of carbonyl (C=O) groups is 1. The Bertz CT molecular complexity index is 881. The fraction of sp³-hybridized carbons (Fsp3) is 0.0952. The normalized spacial score (nSPS) is 11.6. The average molecular weight is 348 g/mol. The maximum Gasteiger partial charge on any atom is 0.243 e. The van der Waals surface area contributed by atoms with E-state index >= 15 is 0 Å². The van der Waals surface area contributed by atoms with E-state index in [-0.39, 0.29) is 0 Å². The Morgan fingerprint density at radius 2 is 1.58 bits per heavy atom. The summed E-state index contributed by atoms with van der Waals surface area (Å²) in [5.41, 5.74) is 8.22. The number of aliphatic hydroxyl groups is 1. The highest BCUT2D eigenvalue weighted by Crippen LogP contribution is 2.28. The summed E-state index contributed by atoms with van der Waals surface area (Å²) in [5, 5.41) is 11.6. The highest BCUT2D eigenvalue weighted by molar-refractivity contribution is 5.94. The molecule has 0 aliphatic carbocycles.